The molecule has 1 aliphatic heterocycles. The molecule has 0 bridgehead atoms. The molecule has 1 aliphatic rings. The van der Waals surface area contributed by atoms with E-state index < -0.39 is 36.5 Å². The van der Waals surface area contributed by atoms with E-state index in [0.29, 0.717) is 27.7 Å². The minimum absolute atomic E-state index is 0.0951. The lowest BCUT2D eigenvalue weighted by Crippen LogP contribution is -2.43. The number of nitrogens with one attached hydrogen (secondary N) is 1. The molecule has 2 N–H and O–H groups in total. The summed E-state index contributed by atoms with van der Waals surface area (Å²) in [6.45, 7) is 2.14. The molecule has 3 heterocycles. The van der Waals surface area contributed by atoms with E-state index in [1.165, 1.54) is 35.3 Å². The number of carbonyl (C=O) groups is 1. The summed E-state index contributed by atoms with van der Waals surface area (Å²) >= 11 is 5.93. The minimum Gasteiger partial charge on any atom is -0.382 e. The largest absolute Gasteiger partial charge is 0.416 e. The number of halogens is 4. The van der Waals surface area contributed by atoms with Crippen LogP contribution in [0.25, 0.3) is 17.1 Å². The summed E-state index contributed by atoms with van der Waals surface area (Å²) in [5.74, 6) is -0.409. The van der Waals surface area contributed by atoms with Gasteiger partial charge in [0.1, 0.15) is 18.9 Å². The molecule has 1 amide bonds. The van der Waals surface area contributed by atoms with Crippen LogP contribution in [-0.2, 0) is 13.1 Å². The summed E-state index contributed by atoms with van der Waals surface area (Å²) in [6.07, 6.45) is -6.41. The monoisotopic (exact) mass is 601 g/mol. The number of aromatic nitrogens is 6. The second kappa shape index (κ2) is 11.3. The summed E-state index contributed by atoms with van der Waals surface area (Å²) < 4.78 is 42.4. The summed E-state index contributed by atoms with van der Waals surface area (Å²) in [5.41, 5.74) is 1.37. The second-order valence-corrected chi connectivity index (χ2v) is 9.89. The van der Waals surface area contributed by atoms with Crippen LogP contribution in [0.1, 0.15) is 30.0 Å². The van der Waals surface area contributed by atoms with Crippen LogP contribution in [0.3, 0.4) is 0 Å². The van der Waals surface area contributed by atoms with Crippen molar-refractivity contribution in [1.82, 2.24) is 34.4 Å². The molecule has 0 radical (unpaired) electrons. The maximum Gasteiger partial charge on any atom is 0.416 e. The Bertz CT molecular complexity index is 1740. The number of hydrogen-bond acceptors (Lipinski definition) is 8. The zero-order chi connectivity index (χ0) is 30.2. The van der Waals surface area contributed by atoms with E-state index in [9.17, 15) is 27.9 Å². The topological polar surface area (TPSA) is 145 Å². The molecule has 218 valence electrons. The van der Waals surface area contributed by atoms with E-state index >= 15 is 0 Å². The summed E-state index contributed by atoms with van der Waals surface area (Å²) in [7, 11) is 0. The first-order chi connectivity index (χ1) is 19.9. The molecule has 0 saturated carbocycles. The van der Waals surface area contributed by atoms with E-state index in [4.69, 9.17) is 11.6 Å². The van der Waals surface area contributed by atoms with Crippen molar-refractivity contribution < 1.29 is 23.1 Å². The molecule has 5 rings (SSSR count). The molecule has 4 aromatic rings. The zero-order valence-corrected chi connectivity index (χ0v) is 22.9. The predicted molar refractivity (Wildman–Crippen MR) is 147 cm³/mol. The smallest absolute Gasteiger partial charge is 0.382 e. The van der Waals surface area contributed by atoms with Gasteiger partial charge in [-0.2, -0.15) is 23.4 Å². The molecule has 0 fully saturated rings. The van der Waals surface area contributed by atoms with Crippen molar-refractivity contribution in [1.29, 1.82) is 0 Å². The van der Waals surface area contributed by atoms with Crippen LogP contribution in [-0.4, -0.2) is 69.9 Å². The van der Waals surface area contributed by atoms with Crippen LogP contribution < -0.4 is 11.0 Å². The fourth-order valence-electron chi connectivity index (χ4n) is 4.28. The number of aliphatic hydroxyl groups excluding tert-OH is 1. The van der Waals surface area contributed by atoms with Gasteiger partial charge in [0.25, 0.3) is 5.91 Å². The number of aliphatic hydroxyl groups is 1. The molecule has 0 saturated heterocycles. The number of nitrogens with zero attached hydrogens (tertiary/aromatic N) is 8. The van der Waals surface area contributed by atoms with E-state index in [1.807, 2.05) is 0 Å². The third-order valence-corrected chi connectivity index (χ3v) is 6.71. The Morgan fingerprint density at radius 2 is 1.74 bits per heavy atom. The van der Waals surface area contributed by atoms with E-state index in [1.54, 1.807) is 38.1 Å². The van der Waals surface area contributed by atoms with Gasteiger partial charge in [-0.15, -0.1) is 10.2 Å². The third-order valence-electron chi connectivity index (χ3n) is 6.46. The van der Waals surface area contributed by atoms with Gasteiger partial charge in [0.15, 0.2) is 17.8 Å². The first kappa shape index (κ1) is 28.9. The third kappa shape index (κ3) is 5.87. The Morgan fingerprint density at radius 1 is 1.07 bits per heavy atom. The van der Waals surface area contributed by atoms with Gasteiger partial charge in [-0.3, -0.25) is 9.36 Å². The molecular formula is C26H23ClF3N9O3. The highest BCUT2D eigenvalue weighted by Crippen LogP contribution is 2.24. The van der Waals surface area contributed by atoms with Crippen molar-refractivity contribution in [2.24, 2.45) is 10.2 Å². The quantitative estimate of drug-likeness (QED) is 0.318. The zero-order valence-electron chi connectivity index (χ0n) is 22.1. The van der Waals surface area contributed by atoms with Gasteiger partial charge >= 0.3 is 11.9 Å². The fraction of sp³-hybridized carbons (Fsp3) is 0.269. The van der Waals surface area contributed by atoms with Crippen LogP contribution in [0, 0.1) is 0 Å². The highest BCUT2D eigenvalue weighted by Gasteiger charge is 2.39. The Hall–Kier alpha value is -4.63. The Morgan fingerprint density at radius 3 is 2.40 bits per heavy atom. The number of para-hydroxylation sites is 1. The van der Waals surface area contributed by atoms with Crippen LogP contribution in [0.5, 0.6) is 0 Å². The van der Waals surface area contributed by atoms with Crippen molar-refractivity contribution in [2.75, 3.05) is 0 Å². The Labute approximate surface area is 240 Å². The number of amides is 1. The lowest BCUT2D eigenvalue weighted by atomic mass is 10.1. The van der Waals surface area contributed by atoms with Gasteiger partial charge in [-0.25, -0.2) is 19.1 Å². The molecule has 2 aromatic heterocycles. The minimum atomic E-state index is -4.95. The van der Waals surface area contributed by atoms with E-state index in [-0.39, 0.29) is 23.8 Å². The van der Waals surface area contributed by atoms with Crippen LogP contribution >= 0.6 is 11.6 Å². The maximum atomic E-state index is 13.2. The van der Waals surface area contributed by atoms with Gasteiger partial charge in [0, 0.05) is 10.6 Å². The highest BCUT2D eigenvalue weighted by atomic mass is 35.5. The molecule has 42 heavy (non-hydrogen) atoms. The molecule has 1 atom stereocenters. The lowest BCUT2D eigenvalue weighted by Gasteiger charge is -2.15. The Balaban J connectivity index is 1.44. The number of benzene rings is 2. The Kier molecular flexibility index (Phi) is 7.79. The van der Waals surface area contributed by atoms with Crippen molar-refractivity contribution >= 4 is 28.9 Å². The van der Waals surface area contributed by atoms with Crippen LogP contribution in [0.4, 0.5) is 13.2 Å². The second-order valence-electron chi connectivity index (χ2n) is 9.45. The SMILES string of the molecule is CC1=NN=C(C)C1NC(=O)c1ccccc1-n1cnc(Cn2nc(-c3ccc(Cl)cc3)n(CC(O)C(F)(F)F)c2=O)n1. The molecule has 2 aromatic carbocycles. The van der Waals surface area contributed by atoms with E-state index in [0.717, 1.165) is 9.25 Å². The summed E-state index contributed by atoms with van der Waals surface area (Å²) in [5, 5.41) is 29.5. The van der Waals surface area contributed by atoms with Crippen molar-refractivity contribution in [3.05, 3.63) is 81.8 Å². The first-order valence-corrected chi connectivity index (χ1v) is 12.9. The average molecular weight is 602 g/mol. The average Bonchev–Trinajstić information content (AvgIpc) is 3.63. The summed E-state index contributed by atoms with van der Waals surface area (Å²) in [6, 6.07) is 12.2. The molecule has 0 spiro atoms. The number of carbonyl (C=O) groups excluding carboxylic acids is 1. The fourth-order valence-corrected chi connectivity index (χ4v) is 4.40. The molecule has 16 heteroatoms. The highest BCUT2D eigenvalue weighted by molar-refractivity contribution is 6.30. The maximum absolute atomic E-state index is 13.2. The van der Waals surface area contributed by atoms with Crippen molar-refractivity contribution in [3.8, 4) is 17.1 Å². The van der Waals surface area contributed by atoms with Gasteiger partial charge in [0.2, 0.25) is 0 Å². The van der Waals surface area contributed by atoms with Crippen LogP contribution in [0.2, 0.25) is 5.02 Å². The summed E-state index contributed by atoms with van der Waals surface area (Å²) in [4.78, 5) is 30.5. The van der Waals surface area contributed by atoms with Crippen molar-refractivity contribution in [2.45, 2.75) is 45.3 Å². The molecule has 12 nitrogen and oxygen atoms in total. The van der Waals surface area contributed by atoms with Gasteiger partial charge < -0.3 is 10.4 Å². The molecular weight excluding hydrogens is 579 g/mol. The van der Waals surface area contributed by atoms with Gasteiger partial charge in [-0.05, 0) is 50.2 Å². The number of rotatable bonds is 8. The van der Waals surface area contributed by atoms with E-state index in [2.05, 4.69) is 30.7 Å². The van der Waals surface area contributed by atoms with Crippen molar-refractivity contribution in [3.63, 3.8) is 0 Å². The standard InChI is InChI=1S/C26H23ClF3N9O3/c1-14-22(15(2)34-33-14)32-24(41)18-5-3-4-6-19(18)39-13-31-21(35-39)12-38-25(42)37(11-20(40)26(28,29)30)23(36-38)16-7-9-17(27)10-8-16/h3-10,13,20,22,40H,11-12H2,1-2H3,(H,32,41). The number of hydrogen-bond donors (Lipinski definition) is 2. The lowest BCUT2D eigenvalue weighted by molar-refractivity contribution is -0.207. The predicted octanol–water partition coefficient (Wildman–Crippen LogP) is 2.87. The first-order valence-electron chi connectivity index (χ1n) is 12.5. The molecule has 1 unspecified atom stereocenters. The van der Waals surface area contributed by atoms with Crippen LogP contribution in [0.15, 0.2) is 69.9 Å². The molecule has 0 aliphatic carbocycles. The normalized spacial score (nSPS) is 14.5. The van der Waals surface area contributed by atoms with Gasteiger partial charge in [0.05, 0.1) is 29.2 Å². The van der Waals surface area contributed by atoms with Gasteiger partial charge in [-0.1, -0.05) is 23.7 Å². The number of alkyl halides is 3.